The Hall–Kier alpha value is -1.48. The molecular weight excluding hydrogens is 260 g/mol. The predicted octanol–water partition coefficient (Wildman–Crippen LogP) is 4.11. The van der Waals surface area contributed by atoms with Crippen molar-refractivity contribution in [2.24, 2.45) is 0 Å². The van der Waals surface area contributed by atoms with Gasteiger partial charge in [0.15, 0.2) is 5.15 Å². The monoisotopic (exact) mass is 276 g/mol. The van der Waals surface area contributed by atoms with Gasteiger partial charge >= 0.3 is 0 Å². The number of ether oxygens (including phenoxy) is 1. The summed E-state index contributed by atoms with van der Waals surface area (Å²) in [6.07, 6.45) is 3.35. The van der Waals surface area contributed by atoms with Crippen molar-refractivity contribution >= 4 is 11.6 Å². The molecule has 19 heavy (non-hydrogen) atoms. The fourth-order valence-corrected chi connectivity index (χ4v) is 3.12. The van der Waals surface area contributed by atoms with E-state index in [0.717, 1.165) is 29.3 Å². The fraction of sp³-hybridized carbons (Fsp3) is 0.400. The summed E-state index contributed by atoms with van der Waals surface area (Å²) < 4.78 is 7.71. The Morgan fingerprint density at radius 3 is 2.95 bits per heavy atom. The first kappa shape index (κ1) is 12.5. The van der Waals surface area contributed by atoms with Crippen LogP contribution >= 0.6 is 11.6 Å². The van der Waals surface area contributed by atoms with Crippen LogP contribution in [0.2, 0.25) is 5.15 Å². The first-order valence-electron chi connectivity index (χ1n) is 6.62. The Morgan fingerprint density at radius 1 is 1.37 bits per heavy atom. The van der Waals surface area contributed by atoms with Gasteiger partial charge in [-0.05, 0) is 38.3 Å². The molecule has 0 saturated heterocycles. The van der Waals surface area contributed by atoms with Gasteiger partial charge in [-0.1, -0.05) is 23.7 Å². The third kappa shape index (κ3) is 2.02. The lowest BCUT2D eigenvalue weighted by atomic mass is 10.0. The van der Waals surface area contributed by atoms with Crippen LogP contribution in [-0.2, 0) is 6.42 Å². The van der Waals surface area contributed by atoms with Gasteiger partial charge in [0.1, 0.15) is 11.6 Å². The summed E-state index contributed by atoms with van der Waals surface area (Å²) in [6, 6.07) is 8.39. The molecule has 0 spiro atoms. The zero-order chi connectivity index (χ0) is 13.4. The lowest BCUT2D eigenvalue weighted by molar-refractivity contribution is 0.412. The van der Waals surface area contributed by atoms with E-state index < -0.39 is 0 Å². The van der Waals surface area contributed by atoms with Crippen molar-refractivity contribution in [3.05, 3.63) is 35.1 Å². The molecule has 2 heterocycles. The van der Waals surface area contributed by atoms with Crippen LogP contribution in [0.3, 0.4) is 0 Å². The highest BCUT2D eigenvalue weighted by atomic mass is 35.5. The molecule has 2 aromatic rings. The molecule has 1 aromatic heterocycles. The van der Waals surface area contributed by atoms with E-state index >= 15 is 0 Å². The van der Waals surface area contributed by atoms with E-state index in [9.17, 15) is 0 Å². The van der Waals surface area contributed by atoms with E-state index in [1.54, 1.807) is 7.11 Å². The number of benzene rings is 1. The molecule has 4 heteroatoms. The quantitative estimate of drug-likeness (QED) is 0.825. The number of rotatable bonds is 2. The van der Waals surface area contributed by atoms with Crippen molar-refractivity contribution in [3.8, 4) is 17.1 Å². The summed E-state index contributed by atoms with van der Waals surface area (Å²) in [7, 11) is 1.68. The largest absolute Gasteiger partial charge is 0.496 e. The highest BCUT2D eigenvalue weighted by Crippen LogP contribution is 2.38. The molecule has 100 valence electrons. The van der Waals surface area contributed by atoms with Crippen LogP contribution in [0.4, 0.5) is 0 Å². The maximum atomic E-state index is 6.30. The van der Waals surface area contributed by atoms with Gasteiger partial charge in [0.25, 0.3) is 0 Å². The molecule has 1 unspecified atom stereocenters. The normalized spacial score (nSPS) is 18.2. The lowest BCUT2D eigenvalue weighted by Gasteiger charge is -2.24. The molecule has 1 aliphatic rings. The second-order valence-corrected chi connectivity index (χ2v) is 5.34. The summed E-state index contributed by atoms with van der Waals surface area (Å²) in [5.41, 5.74) is 2.16. The van der Waals surface area contributed by atoms with E-state index in [1.165, 1.54) is 12.8 Å². The summed E-state index contributed by atoms with van der Waals surface area (Å²) in [5, 5.41) is 0.632. The number of imidazole rings is 1. The van der Waals surface area contributed by atoms with Crippen LogP contribution in [0.15, 0.2) is 24.3 Å². The zero-order valence-corrected chi connectivity index (χ0v) is 11.9. The van der Waals surface area contributed by atoms with E-state index in [1.807, 2.05) is 24.3 Å². The van der Waals surface area contributed by atoms with Crippen LogP contribution in [0.25, 0.3) is 11.4 Å². The van der Waals surface area contributed by atoms with E-state index in [0.29, 0.717) is 11.2 Å². The second-order valence-electron chi connectivity index (χ2n) is 4.98. The van der Waals surface area contributed by atoms with E-state index in [2.05, 4.69) is 16.5 Å². The minimum atomic E-state index is 0.434. The molecule has 0 radical (unpaired) electrons. The Balaban J connectivity index is 2.21. The molecule has 1 aromatic carbocycles. The second kappa shape index (κ2) is 4.89. The topological polar surface area (TPSA) is 27.1 Å². The molecule has 0 aliphatic carbocycles. The average Bonchev–Trinajstić information content (AvgIpc) is 2.78. The lowest BCUT2D eigenvalue weighted by Crippen LogP contribution is -2.16. The minimum Gasteiger partial charge on any atom is -0.496 e. The average molecular weight is 277 g/mol. The molecular formula is C15H17ClN2O. The van der Waals surface area contributed by atoms with E-state index in [4.69, 9.17) is 16.3 Å². The number of aromatic nitrogens is 2. The minimum absolute atomic E-state index is 0.434. The Morgan fingerprint density at radius 2 is 2.16 bits per heavy atom. The van der Waals surface area contributed by atoms with Crippen molar-refractivity contribution in [1.82, 2.24) is 9.55 Å². The van der Waals surface area contributed by atoms with Crippen molar-refractivity contribution in [1.29, 1.82) is 0 Å². The highest BCUT2D eigenvalue weighted by Gasteiger charge is 2.25. The molecule has 1 atom stereocenters. The third-order valence-corrected chi connectivity index (χ3v) is 4.09. The van der Waals surface area contributed by atoms with Crippen molar-refractivity contribution in [2.45, 2.75) is 32.2 Å². The molecule has 0 N–H and O–H groups in total. The van der Waals surface area contributed by atoms with Gasteiger partial charge in [-0.15, -0.1) is 0 Å². The summed E-state index contributed by atoms with van der Waals surface area (Å²) >= 11 is 6.30. The zero-order valence-electron chi connectivity index (χ0n) is 11.2. The molecule has 3 nitrogen and oxygen atoms in total. The number of nitrogens with zero attached hydrogens (tertiary/aromatic N) is 2. The highest BCUT2D eigenvalue weighted by molar-refractivity contribution is 6.30. The number of fused-ring (bicyclic) bond motifs is 1. The molecule has 0 saturated carbocycles. The molecule has 3 rings (SSSR count). The molecule has 0 amide bonds. The Bertz CT molecular complexity index is 606. The van der Waals surface area contributed by atoms with Crippen LogP contribution in [-0.4, -0.2) is 16.7 Å². The van der Waals surface area contributed by atoms with Gasteiger partial charge in [0.2, 0.25) is 0 Å². The standard InChI is InChI=1S/C15H17ClN2O/c1-10-6-5-8-12-14(16)17-15(18(10)12)11-7-3-4-9-13(11)19-2/h3-4,7,9-10H,5-6,8H2,1-2H3. The molecule has 0 fully saturated rings. The van der Waals surface area contributed by atoms with Gasteiger partial charge in [0.05, 0.1) is 18.4 Å². The Kier molecular flexibility index (Phi) is 3.23. The number of hydrogen-bond donors (Lipinski definition) is 0. The summed E-state index contributed by atoms with van der Waals surface area (Å²) in [6.45, 7) is 2.22. The molecule has 0 bridgehead atoms. The third-order valence-electron chi connectivity index (χ3n) is 3.79. The van der Waals surface area contributed by atoms with Crippen LogP contribution in [0, 0.1) is 0 Å². The predicted molar refractivity (Wildman–Crippen MR) is 76.9 cm³/mol. The van der Waals surface area contributed by atoms with Gasteiger partial charge in [-0.3, -0.25) is 0 Å². The van der Waals surface area contributed by atoms with Gasteiger partial charge in [-0.2, -0.15) is 0 Å². The van der Waals surface area contributed by atoms with Crippen LogP contribution in [0.1, 0.15) is 31.5 Å². The van der Waals surface area contributed by atoms with Gasteiger partial charge < -0.3 is 9.30 Å². The van der Waals surface area contributed by atoms with Crippen molar-refractivity contribution < 1.29 is 4.74 Å². The van der Waals surface area contributed by atoms with Crippen molar-refractivity contribution in [3.63, 3.8) is 0 Å². The first-order valence-corrected chi connectivity index (χ1v) is 7.00. The van der Waals surface area contributed by atoms with E-state index in [-0.39, 0.29) is 0 Å². The Labute approximate surface area is 118 Å². The molecule has 1 aliphatic heterocycles. The smallest absolute Gasteiger partial charge is 0.150 e. The SMILES string of the molecule is COc1ccccc1-c1nc(Cl)c2n1C(C)CCC2. The van der Waals surface area contributed by atoms with Crippen LogP contribution < -0.4 is 4.74 Å². The fourth-order valence-electron chi connectivity index (χ4n) is 2.85. The number of hydrogen-bond acceptors (Lipinski definition) is 2. The number of para-hydroxylation sites is 1. The first-order chi connectivity index (χ1) is 9.22. The van der Waals surface area contributed by atoms with Gasteiger partial charge in [-0.25, -0.2) is 4.98 Å². The van der Waals surface area contributed by atoms with Crippen molar-refractivity contribution in [2.75, 3.05) is 7.11 Å². The number of halogens is 1. The summed E-state index contributed by atoms with van der Waals surface area (Å²) in [5.74, 6) is 1.76. The van der Waals surface area contributed by atoms with Crippen LogP contribution in [0.5, 0.6) is 5.75 Å². The maximum Gasteiger partial charge on any atom is 0.150 e. The maximum absolute atomic E-state index is 6.30. The van der Waals surface area contributed by atoms with Gasteiger partial charge in [0, 0.05) is 6.04 Å². The summed E-state index contributed by atoms with van der Waals surface area (Å²) in [4.78, 5) is 4.57. The number of methoxy groups -OCH3 is 1.